The highest BCUT2D eigenvalue weighted by Gasteiger charge is 2.06. The minimum Gasteiger partial charge on any atom is -0.262 e. The first-order valence-electron chi connectivity index (χ1n) is 7.23. The number of hydrogen-bond acceptors (Lipinski definition) is 3. The maximum absolute atomic E-state index is 4.43. The second kappa shape index (κ2) is 5.43. The summed E-state index contributed by atoms with van der Waals surface area (Å²) in [4.78, 5) is 4.12. The van der Waals surface area contributed by atoms with Gasteiger partial charge in [-0.2, -0.15) is 10.2 Å². The van der Waals surface area contributed by atoms with Gasteiger partial charge >= 0.3 is 0 Å². The van der Waals surface area contributed by atoms with Gasteiger partial charge in [0.2, 0.25) is 0 Å². The highest BCUT2D eigenvalue weighted by molar-refractivity contribution is 5.52. The third kappa shape index (κ3) is 2.47. The zero-order chi connectivity index (χ0) is 15.6. The third-order valence-electron chi connectivity index (χ3n) is 3.60. The molecule has 0 radical (unpaired) electrons. The summed E-state index contributed by atoms with van der Waals surface area (Å²) >= 11 is 0. The first-order chi connectivity index (χ1) is 11.3. The lowest BCUT2D eigenvalue weighted by molar-refractivity contribution is 0.841. The summed E-state index contributed by atoms with van der Waals surface area (Å²) in [5.41, 5.74) is 4.55. The summed E-state index contributed by atoms with van der Waals surface area (Å²) in [6.45, 7) is 1.99. The summed E-state index contributed by atoms with van der Waals surface area (Å²) in [6, 6.07) is 11.7. The predicted octanol–water partition coefficient (Wildman–Crippen LogP) is 2.62. The molecule has 0 fully saturated rings. The van der Waals surface area contributed by atoms with Crippen molar-refractivity contribution in [3.63, 3.8) is 0 Å². The van der Waals surface area contributed by atoms with Crippen molar-refractivity contribution in [3.05, 3.63) is 78.1 Å². The molecule has 0 aliphatic rings. The Bertz CT molecular complexity index is 998. The van der Waals surface area contributed by atoms with Crippen LogP contribution in [-0.2, 0) is 0 Å². The lowest BCUT2D eigenvalue weighted by Crippen LogP contribution is -1.99. The van der Waals surface area contributed by atoms with Gasteiger partial charge in [-0.3, -0.25) is 4.98 Å². The van der Waals surface area contributed by atoms with Crippen LogP contribution in [0.1, 0.15) is 17.0 Å². The number of aromatic nitrogens is 5. The van der Waals surface area contributed by atoms with Gasteiger partial charge in [-0.15, -0.1) is 0 Å². The first kappa shape index (κ1) is 13.3. The van der Waals surface area contributed by atoms with E-state index in [0.717, 1.165) is 28.2 Å². The number of nitrogens with zero attached hydrogens (tertiary/aromatic N) is 5. The number of rotatable bonds is 1. The normalized spacial score (nSPS) is 10.5. The fraction of sp³-hybridized carbons (Fsp3) is 0.0556. The molecule has 0 aliphatic carbocycles. The zero-order valence-electron chi connectivity index (χ0n) is 12.5. The van der Waals surface area contributed by atoms with E-state index < -0.39 is 0 Å². The van der Waals surface area contributed by atoms with E-state index >= 15 is 0 Å². The van der Waals surface area contributed by atoms with E-state index in [4.69, 9.17) is 0 Å². The van der Waals surface area contributed by atoms with Crippen LogP contribution in [0.5, 0.6) is 0 Å². The van der Waals surface area contributed by atoms with E-state index in [9.17, 15) is 0 Å². The molecule has 4 aromatic rings. The molecule has 0 aromatic carbocycles. The van der Waals surface area contributed by atoms with Gasteiger partial charge in [0.15, 0.2) is 0 Å². The Hall–Kier alpha value is -3.39. The van der Waals surface area contributed by atoms with Gasteiger partial charge in [0, 0.05) is 12.4 Å². The van der Waals surface area contributed by atoms with Crippen LogP contribution in [0.15, 0.2) is 61.2 Å². The van der Waals surface area contributed by atoms with Crippen LogP contribution in [0.2, 0.25) is 0 Å². The quantitative estimate of drug-likeness (QED) is 0.508. The van der Waals surface area contributed by atoms with Crippen LogP contribution >= 0.6 is 0 Å². The van der Waals surface area contributed by atoms with Gasteiger partial charge in [0.1, 0.15) is 5.69 Å². The summed E-state index contributed by atoms with van der Waals surface area (Å²) in [5.74, 6) is 6.26. The van der Waals surface area contributed by atoms with E-state index in [0.29, 0.717) is 0 Å². The van der Waals surface area contributed by atoms with Crippen molar-refractivity contribution >= 4 is 5.52 Å². The largest absolute Gasteiger partial charge is 0.262 e. The van der Waals surface area contributed by atoms with Crippen molar-refractivity contribution in [2.75, 3.05) is 0 Å². The predicted molar refractivity (Wildman–Crippen MR) is 87.3 cm³/mol. The Labute approximate surface area is 133 Å². The lowest BCUT2D eigenvalue weighted by atomic mass is 10.2. The highest BCUT2D eigenvalue weighted by Crippen LogP contribution is 2.12. The van der Waals surface area contributed by atoms with Crippen molar-refractivity contribution in [1.29, 1.82) is 0 Å². The minimum atomic E-state index is 0.740. The molecule has 110 valence electrons. The molecule has 0 saturated heterocycles. The Kier molecular flexibility index (Phi) is 3.13. The molecule has 5 nitrogen and oxygen atoms in total. The Balaban J connectivity index is 1.69. The summed E-state index contributed by atoms with van der Waals surface area (Å²) in [5, 5.41) is 8.82. The van der Waals surface area contributed by atoms with Gasteiger partial charge in [-0.25, -0.2) is 9.20 Å². The van der Waals surface area contributed by atoms with Gasteiger partial charge in [0.05, 0.1) is 34.9 Å². The monoisotopic (exact) mass is 299 g/mol. The molecular formula is C18H13N5. The van der Waals surface area contributed by atoms with Crippen LogP contribution in [-0.4, -0.2) is 24.4 Å². The van der Waals surface area contributed by atoms with E-state index in [-0.39, 0.29) is 0 Å². The average molecular weight is 299 g/mol. The number of hydrogen-bond donors (Lipinski definition) is 0. The molecule has 0 bridgehead atoms. The summed E-state index contributed by atoms with van der Waals surface area (Å²) in [6.07, 6.45) is 7.20. The van der Waals surface area contributed by atoms with Crippen molar-refractivity contribution in [2.24, 2.45) is 0 Å². The minimum absolute atomic E-state index is 0.740. The van der Waals surface area contributed by atoms with E-state index in [1.54, 1.807) is 18.6 Å². The molecule has 0 N–H and O–H groups in total. The molecule has 0 amide bonds. The standard InChI is InChI=1S/C18H13N5/c1-14-15(12-20-23(14)18-6-4-9-19-13-18)7-8-16-11-17-5-2-3-10-22(17)21-16/h2-6,9-13H,1H3. The smallest absolute Gasteiger partial charge is 0.136 e. The Morgan fingerprint density at radius 1 is 1.04 bits per heavy atom. The molecule has 4 rings (SSSR count). The van der Waals surface area contributed by atoms with Crippen LogP contribution in [0.3, 0.4) is 0 Å². The van der Waals surface area contributed by atoms with E-state index in [2.05, 4.69) is 27.0 Å². The SMILES string of the molecule is Cc1c(C#Cc2cc3ccccn3n2)cnn1-c1cccnc1. The van der Waals surface area contributed by atoms with Crippen molar-refractivity contribution < 1.29 is 0 Å². The second-order valence-corrected chi connectivity index (χ2v) is 5.12. The molecule has 0 atom stereocenters. The van der Waals surface area contributed by atoms with Gasteiger partial charge < -0.3 is 0 Å². The van der Waals surface area contributed by atoms with Gasteiger partial charge in [0.25, 0.3) is 0 Å². The maximum atomic E-state index is 4.43. The first-order valence-corrected chi connectivity index (χ1v) is 7.23. The third-order valence-corrected chi connectivity index (χ3v) is 3.60. The molecular weight excluding hydrogens is 286 g/mol. The second-order valence-electron chi connectivity index (χ2n) is 5.12. The Morgan fingerprint density at radius 3 is 2.83 bits per heavy atom. The molecule has 0 unspecified atom stereocenters. The molecule has 4 heterocycles. The van der Waals surface area contributed by atoms with Gasteiger partial charge in [-0.05, 0) is 43.2 Å². The van der Waals surface area contributed by atoms with Crippen molar-refractivity contribution in [3.8, 4) is 17.5 Å². The zero-order valence-corrected chi connectivity index (χ0v) is 12.5. The van der Waals surface area contributed by atoms with Crippen LogP contribution in [0.4, 0.5) is 0 Å². The van der Waals surface area contributed by atoms with Gasteiger partial charge in [-0.1, -0.05) is 12.0 Å². The highest BCUT2D eigenvalue weighted by atomic mass is 15.3. The molecule has 4 aromatic heterocycles. The molecule has 0 saturated carbocycles. The van der Waals surface area contributed by atoms with Crippen molar-refractivity contribution in [2.45, 2.75) is 6.92 Å². The Morgan fingerprint density at radius 2 is 2.00 bits per heavy atom. The lowest BCUT2D eigenvalue weighted by Gasteiger charge is -2.02. The number of pyridine rings is 2. The average Bonchev–Trinajstić information content (AvgIpc) is 3.17. The van der Waals surface area contributed by atoms with Crippen LogP contribution in [0, 0.1) is 18.8 Å². The van der Waals surface area contributed by atoms with E-state index in [1.807, 2.05) is 58.7 Å². The fourth-order valence-corrected chi connectivity index (χ4v) is 2.40. The fourth-order valence-electron chi connectivity index (χ4n) is 2.40. The topological polar surface area (TPSA) is 48.0 Å². The molecule has 0 spiro atoms. The molecule has 23 heavy (non-hydrogen) atoms. The summed E-state index contributed by atoms with van der Waals surface area (Å²) in [7, 11) is 0. The maximum Gasteiger partial charge on any atom is 0.136 e. The molecule has 5 heteroatoms. The van der Waals surface area contributed by atoms with Crippen LogP contribution < -0.4 is 0 Å². The van der Waals surface area contributed by atoms with Crippen LogP contribution in [0.25, 0.3) is 11.2 Å². The summed E-state index contributed by atoms with van der Waals surface area (Å²) < 4.78 is 3.65. The molecule has 0 aliphatic heterocycles. The van der Waals surface area contributed by atoms with Crippen molar-refractivity contribution in [1.82, 2.24) is 24.4 Å². The number of fused-ring (bicyclic) bond motifs is 1. The van der Waals surface area contributed by atoms with E-state index in [1.165, 1.54) is 0 Å².